The predicted molar refractivity (Wildman–Crippen MR) is 82.1 cm³/mol. The molecule has 1 N–H and O–H groups in total. The van der Waals surface area contributed by atoms with Gasteiger partial charge in [-0.25, -0.2) is 0 Å². The normalized spacial score (nSPS) is 10.9. The van der Waals surface area contributed by atoms with Crippen LogP contribution in [0.2, 0.25) is 0 Å². The largest absolute Gasteiger partial charge is 0.396 e. The standard InChI is InChI=1S/C16H32O4/c1-16(2)15-20-14-8-7-13-19-12-6-5-11-18-10-4-3-9-17/h17H,1,3-15H2,2H3. The van der Waals surface area contributed by atoms with E-state index in [1.807, 2.05) is 6.92 Å². The molecule has 0 amide bonds. The predicted octanol–water partition coefficient (Wildman–Crippen LogP) is 2.95. The Labute approximate surface area is 124 Å². The molecule has 20 heavy (non-hydrogen) atoms. The van der Waals surface area contributed by atoms with Crippen LogP contribution >= 0.6 is 0 Å². The van der Waals surface area contributed by atoms with Crippen LogP contribution < -0.4 is 0 Å². The second-order valence-electron chi connectivity index (χ2n) is 5.08. The highest BCUT2D eigenvalue weighted by Crippen LogP contribution is 1.97. The first kappa shape index (κ1) is 19.6. The Morgan fingerprint density at radius 1 is 0.750 bits per heavy atom. The first-order valence-electron chi connectivity index (χ1n) is 7.76. The molecule has 0 atom stereocenters. The molecule has 0 aliphatic carbocycles. The molecule has 0 spiro atoms. The molecule has 0 heterocycles. The van der Waals surface area contributed by atoms with E-state index in [0.29, 0.717) is 6.61 Å². The molecule has 0 radical (unpaired) electrons. The van der Waals surface area contributed by atoms with Crippen molar-refractivity contribution in [1.82, 2.24) is 0 Å². The molecule has 0 aromatic rings. The SMILES string of the molecule is C=C(C)COCCCCOCCCCOCCCCO. The number of hydrogen-bond acceptors (Lipinski definition) is 4. The molecule has 0 fully saturated rings. The van der Waals surface area contributed by atoms with Crippen molar-refractivity contribution in [3.05, 3.63) is 12.2 Å². The average molecular weight is 288 g/mol. The molecule has 0 aliphatic heterocycles. The van der Waals surface area contributed by atoms with E-state index in [-0.39, 0.29) is 6.61 Å². The van der Waals surface area contributed by atoms with Crippen molar-refractivity contribution in [2.45, 2.75) is 45.4 Å². The summed E-state index contributed by atoms with van der Waals surface area (Å²) in [5.74, 6) is 0. The van der Waals surface area contributed by atoms with Crippen LogP contribution in [0.3, 0.4) is 0 Å². The smallest absolute Gasteiger partial charge is 0.0671 e. The molecule has 0 aromatic carbocycles. The van der Waals surface area contributed by atoms with Gasteiger partial charge in [0.15, 0.2) is 0 Å². The van der Waals surface area contributed by atoms with E-state index < -0.39 is 0 Å². The van der Waals surface area contributed by atoms with Crippen molar-refractivity contribution in [2.24, 2.45) is 0 Å². The monoisotopic (exact) mass is 288 g/mol. The second-order valence-corrected chi connectivity index (χ2v) is 5.08. The Kier molecular flexibility index (Phi) is 16.3. The van der Waals surface area contributed by atoms with Gasteiger partial charge in [-0.3, -0.25) is 0 Å². The van der Waals surface area contributed by atoms with Crippen molar-refractivity contribution < 1.29 is 19.3 Å². The Morgan fingerprint density at radius 2 is 1.15 bits per heavy atom. The molecule has 0 unspecified atom stereocenters. The van der Waals surface area contributed by atoms with Crippen LogP contribution in [-0.4, -0.2) is 51.4 Å². The van der Waals surface area contributed by atoms with E-state index in [1.165, 1.54) is 0 Å². The summed E-state index contributed by atoms with van der Waals surface area (Å²) in [6, 6.07) is 0. The van der Waals surface area contributed by atoms with E-state index in [9.17, 15) is 0 Å². The van der Waals surface area contributed by atoms with Crippen molar-refractivity contribution >= 4 is 0 Å². The Balaban J connectivity index is 2.94. The minimum atomic E-state index is 0.259. The maximum Gasteiger partial charge on any atom is 0.0671 e. The summed E-state index contributed by atoms with van der Waals surface area (Å²) >= 11 is 0. The number of hydrogen-bond donors (Lipinski definition) is 1. The molecule has 0 aromatic heterocycles. The fourth-order valence-corrected chi connectivity index (χ4v) is 1.58. The van der Waals surface area contributed by atoms with E-state index in [1.54, 1.807) is 0 Å². The first-order valence-corrected chi connectivity index (χ1v) is 7.76. The van der Waals surface area contributed by atoms with Crippen LogP contribution in [0.25, 0.3) is 0 Å². The van der Waals surface area contributed by atoms with E-state index in [2.05, 4.69) is 6.58 Å². The number of ether oxygens (including phenoxy) is 3. The maximum absolute atomic E-state index is 8.60. The quantitative estimate of drug-likeness (QED) is 0.350. The van der Waals surface area contributed by atoms with Gasteiger partial charge in [0.1, 0.15) is 0 Å². The Bertz CT molecular complexity index is 207. The molecule has 0 bridgehead atoms. The number of aliphatic hydroxyl groups is 1. The van der Waals surface area contributed by atoms with Crippen molar-refractivity contribution in [3.8, 4) is 0 Å². The summed E-state index contributed by atoms with van der Waals surface area (Å²) in [6.45, 7) is 10.7. The van der Waals surface area contributed by atoms with Gasteiger partial charge in [-0.15, -0.1) is 0 Å². The highest BCUT2D eigenvalue weighted by molar-refractivity contribution is 4.87. The lowest BCUT2D eigenvalue weighted by molar-refractivity contribution is 0.0918. The third-order valence-corrected chi connectivity index (χ3v) is 2.70. The van der Waals surface area contributed by atoms with Gasteiger partial charge in [-0.1, -0.05) is 12.2 Å². The molecular weight excluding hydrogens is 256 g/mol. The van der Waals surface area contributed by atoms with Gasteiger partial charge in [0, 0.05) is 39.6 Å². The lowest BCUT2D eigenvalue weighted by Crippen LogP contribution is -2.03. The van der Waals surface area contributed by atoms with E-state index in [4.69, 9.17) is 19.3 Å². The summed E-state index contributed by atoms with van der Waals surface area (Å²) in [7, 11) is 0. The molecule has 0 aliphatic rings. The topological polar surface area (TPSA) is 47.9 Å². The van der Waals surface area contributed by atoms with Gasteiger partial charge in [0.25, 0.3) is 0 Å². The zero-order chi connectivity index (χ0) is 14.9. The fraction of sp³-hybridized carbons (Fsp3) is 0.875. The molecule has 4 nitrogen and oxygen atoms in total. The molecule has 120 valence electrons. The number of rotatable bonds is 16. The van der Waals surface area contributed by atoms with Crippen molar-refractivity contribution in [1.29, 1.82) is 0 Å². The molecule has 0 saturated heterocycles. The van der Waals surface area contributed by atoms with Crippen molar-refractivity contribution in [2.75, 3.05) is 46.2 Å². The summed E-state index contributed by atoms with van der Waals surface area (Å²) in [6.07, 6.45) is 5.96. The minimum Gasteiger partial charge on any atom is -0.396 e. The fourth-order valence-electron chi connectivity index (χ4n) is 1.58. The average Bonchev–Trinajstić information content (AvgIpc) is 2.43. The van der Waals surface area contributed by atoms with E-state index >= 15 is 0 Å². The van der Waals surface area contributed by atoms with Crippen LogP contribution in [0, 0.1) is 0 Å². The number of unbranched alkanes of at least 4 members (excludes halogenated alkanes) is 3. The van der Waals surface area contributed by atoms with Crippen LogP contribution in [0.15, 0.2) is 12.2 Å². The van der Waals surface area contributed by atoms with Gasteiger partial charge in [0.05, 0.1) is 6.61 Å². The summed E-state index contributed by atoms with van der Waals surface area (Å²) in [5, 5.41) is 8.60. The van der Waals surface area contributed by atoms with Crippen LogP contribution in [0.1, 0.15) is 45.4 Å². The van der Waals surface area contributed by atoms with Crippen LogP contribution in [0.5, 0.6) is 0 Å². The van der Waals surface area contributed by atoms with E-state index in [0.717, 1.165) is 77.1 Å². The Morgan fingerprint density at radius 3 is 1.55 bits per heavy atom. The van der Waals surface area contributed by atoms with Gasteiger partial charge in [-0.2, -0.15) is 0 Å². The number of aliphatic hydroxyl groups excluding tert-OH is 1. The first-order chi connectivity index (χ1) is 9.77. The van der Waals surface area contributed by atoms with Crippen LogP contribution in [0.4, 0.5) is 0 Å². The minimum absolute atomic E-state index is 0.259. The third kappa shape index (κ3) is 17.6. The highest BCUT2D eigenvalue weighted by atomic mass is 16.5. The molecule has 0 saturated carbocycles. The zero-order valence-corrected chi connectivity index (χ0v) is 13.1. The van der Waals surface area contributed by atoms with Crippen molar-refractivity contribution in [3.63, 3.8) is 0 Å². The second kappa shape index (κ2) is 16.6. The highest BCUT2D eigenvalue weighted by Gasteiger charge is 1.93. The summed E-state index contributed by atoms with van der Waals surface area (Å²) in [5.41, 5.74) is 1.07. The summed E-state index contributed by atoms with van der Waals surface area (Å²) in [4.78, 5) is 0. The van der Waals surface area contributed by atoms with Crippen LogP contribution in [-0.2, 0) is 14.2 Å². The summed E-state index contributed by atoms with van der Waals surface area (Å²) < 4.78 is 16.4. The lowest BCUT2D eigenvalue weighted by Gasteiger charge is -2.06. The van der Waals surface area contributed by atoms with Gasteiger partial charge in [-0.05, 0) is 45.4 Å². The zero-order valence-electron chi connectivity index (χ0n) is 13.1. The molecule has 0 rings (SSSR count). The molecular formula is C16H32O4. The van der Waals surface area contributed by atoms with Gasteiger partial charge >= 0.3 is 0 Å². The van der Waals surface area contributed by atoms with Gasteiger partial charge in [0.2, 0.25) is 0 Å². The van der Waals surface area contributed by atoms with Gasteiger partial charge < -0.3 is 19.3 Å². The Hall–Kier alpha value is -0.420. The lowest BCUT2D eigenvalue weighted by atomic mass is 10.3. The third-order valence-electron chi connectivity index (χ3n) is 2.70. The maximum atomic E-state index is 8.60. The molecule has 4 heteroatoms.